The monoisotopic (exact) mass is 312 g/mol. The number of aromatic nitrogens is 1. The van der Waals surface area contributed by atoms with Crippen LogP contribution in [0.3, 0.4) is 0 Å². The van der Waals surface area contributed by atoms with Crippen LogP contribution in [0.2, 0.25) is 0 Å². The molecule has 0 bridgehead atoms. The Kier molecular flexibility index (Phi) is 4.63. The Bertz CT molecular complexity index is 781. The summed E-state index contributed by atoms with van der Waals surface area (Å²) in [6.45, 7) is 1.29. The Labute approximate surface area is 135 Å². The number of hydrogen-bond acceptors (Lipinski definition) is 2. The summed E-state index contributed by atoms with van der Waals surface area (Å²) in [4.78, 5) is 5.33. The van der Waals surface area contributed by atoms with E-state index in [1.165, 1.54) is 0 Å². The molecular weight excluding hydrogens is 291 g/mol. The van der Waals surface area contributed by atoms with E-state index in [1.54, 1.807) is 12.1 Å². The molecule has 1 heterocycles. The van der Waals surface area contributed by atoms with E-state index in [2.05, 4.69) is 9.88 Å². The van der Waals surface area contributed by atoms with Gasteiger partial charge in [-0.25, -0.2) is 4.39 Å². The lowest BCUT2D eigenvalue weighted by molar-refractivity contribution is 0.291. The highest BCUT2D eigenvalue weighted by Gasteiger charge is 2.11. The Hall–Kier alpha value is -2.33. The average molecular weight is 312 g/mol. The molecule has 0 saturated carbocycles. The lowest BCUT2D eigenvalue weighted by Crippen LogP contribution is -2.14. The van der Waals surface area contributed by atoms with Crippen LogP contribution in [-0.4, -0.2) is 30.5 Å². The molecule has 1 N–H and O–H groups in total. The summed E-state index contributed by atoms with van der Waals surface area (Å²) in [5.74, 6) is -0.0403. The van der Waals surface area contributed by atoms with Gasteiger partial charge in [0.2, 0.25) is 0 Å². The summed E-state index contributed by atoms with van der Waals surface area (Å²) in [6, 6.07) is 13.1. The number of benzene rings is 2. The molecule has 0 radical (unpaired) electrons. The maximum absolute atomic E-state index is 14.3. The number of likely N-dealkylation sites (N-methyl/N-ethyl adjacent to an activating group) is 1. The van der Waals surface area contributed by atoms with Crippen molar-refractivity contribution in [3.63, 3.8) is 0 Å². The maximum Gasteiger partial charge on any atom is 0.165 e. The third-order valence-electron chi connectivity index (χ3n) is 3.89. The molecule has 3 rings (SSSR count). The minimum atomic E-state index is -0.320. The molecule has 120 valence electrons. The van der Waals surface area contributed by atoms with Gasteiger partial charge in [0.05, 0.1) is 0 Å². The number of nitrogens with zero attached hydrogens (tertiary/aromatic N) is 1. The molecule has 3 nitrogen and oxygen atoms in total. The number of nitrogens with one attached hydrogen (secondary N) is 1. The zero-order valence-corrected chi connectivity index (χ0v) is 13.5. The number of aromatic amines is 1. The Balaban J connectivity index is 1.79. The van der Waals surface area contributed by atoms with Crippen LogP contribution in [0.5, 0.6) is 5.75 Å². The van der Waals surface area contributed by atoms with Crippen molar-refractivity contribution in [3.05, 3.63) is 65.6 Å². The second kappa shape index (κ2) is 6.84. The predicted molar refractivity (Wildman–Crippen MR) is 91.3 cm³/mol. The van der Waals surface area contributed by atoms with Gasteiger partial charge in [-0.05, 0) is 37.7 Å². The smallest absolute Gasteiger partial charge is 0.165 e. The van der Waals surface area contributed by atoms with E-state index < -0.39 is 0 Å². The van der Waals surface area contributed by atoms with Crippen molar-refractivity contribution in [3.8, 4) is 5.75 Å². The first-order chi connectivity index (χ1) is 11.1. The number of ether oxygens (including phenoxy) is 1. The fourth-order valence-corrected chi connectivity index (χ4v) is 2.58. The molecule has 0 unspecified atom stereocenters. The van der Waals surface area contributed by atoms with Gasteiger partial charge in [0, 0.05) is 29.7 Å². The van der Waals surface area contributed by atoms with Crippen molar-refractivity contribution in [2.24, 2.45) is 0 Å². The summed E-state index contributed by atoms with van der Waals surface area (Å²) in [7, 11) is 4.07. The first-order valence-electron chi connectivity index (χ1n) is 7.74. The molecule has 3 aromatic rings. The maximum atomic E-state index is 14.3. The van der Waals surface area contributed by atoms with Crippen molar-refractivity contribution >= 4 is 10.9 Å². The van der Waals surface area contributed by atoms with Gasteiger partial charge < -0.3 is 14.6 Å². The van der Waals surface area contributed by atoms with E-state index in [4.69, 9.17) is 4.74 Å². The van der Waals surface area contributed by atoms with Gasteiger partial charge in [-0.3, -0.25) is 0 Å². The molecule has 0 aliphatic rings. The van der Waals surface area contributed by atoms with Crippen molar-refractivity contribution in [2.75, 3.05) is 20.6 Å². The number of H-pyrrole nitrogens is 1. The number of fused-ring (bicyclic) bond motifs is 1. The zero-order chi connectivity index (χ0) is 16.2. The second-order valence-electron chi connectivity index (χ2n) is 5.97. The van der Waals surface area contributed by atoms with Crippen molar-refractivity contribution < 1.29 is 9.13 Å². The van der Waals surface area contributed by atoms with Crippen LogP contribution in [-0.2, 0) is 13.0 Å². The molecule has 0 atom stereocenters. The van der Waals surface area contributed by atoms with Gasteiger partial charge in [-0.2, -0.15) is 0 Å². The average Bonchev–Trinajstić information content (AvgIpc) is 2.93. The summed E-state index contributed by atoms with van der Waals surface area (Å²) in [5, 5.41) is 0.927. The summed E-state index contributed by atoms with van der Waals surface area (Å²) >= 11 is 0. The normalized spacial score (nSPS) is 11.3. The van der Waals surface area contributed by atoms with E-state index >= 15 is 0 Å². The lowest BCUT2D eigenvalue weighted by Gasteiger charge is -2.09. The van der Waals surface area contributed by atoms with E-state index in [9.17, 15) is 4.39 Å². The van der Waals surface area contributed by atoms with E-state index in [1.807, 2.05) is 50.6 Å². The van der Waals surface area contributed by atoms with Crippen molar-refractivity contribution in [1.29, 1.82) is 0 Å². The number of hydrogen-bond donors (Lipinski definition) is 1. The van der Waals surface area contributed by atoms with Crippen LogP contribution in [0.15, 0.2) is 48.7 Å². The van der Waals surface area contributed by atoms with Gasteiger partial charge in [0.25, 0.3) is 0 Å². The van der Waals surface area contributed by atoms with E-state index in [0.29, 0.717) is 6.61 Å². The third kappa shape index (κ3) is 3.71. The zero-order valence-electron chi connectivity index (χ0n) is 13.5. The summed E-state index contributed by atoms with van der Waals surface area (Å²) in [5.41, 5.74) is 3.05. The Morgan fingerprint density at radius 2 is 1.91 bits per heavy atom. The molecule has 2 aromatic carbocycles. The molecule has 0 aliphatic heterocycles. The van der Waals surface area contributed by atoms with Gasteiger partial charge >= 0.3 is 0 Å². The second-order valence-corrected chi connectivity index (χ2v) is 5.97. The third-order valence-corrected chi connectivity index (χ3v) is 3.89. The lowest BCUT2D eigenvalue weighted by atomic mass is 10.1. The van der Waals surface area contributed by atoms with Crippen LogP contribution in [0.4, 0.5) is 4.39 Å². The largest absolute Gasteiger partial charge is 0.486 e. The standard InChI is InChI=1S/C19H21FN2O/c1-22(2)9-8-15-12-21-18-11-19(17(20)10-16(15)18)23-13-14-6-4-3-5-7-14/h3-7,10-12,21H,8-9,13H2,1-2H3. The molecule has 4 heteroatoms. The molecule has 0 fully saturated rings. The van der Waals surface area contributed by atoms with Crippen LogP contribution in [0.1, 0.15) is 11.1 Å². The van der Waals surface area contributed by atoms with Gasteiger partial charge in [0.15, 0.2) is 11.6 Å². The highest BCUT2D eigenvalue weighted by atomic mass is 19.1. The molecule has 0 saturated heterocycles. The van der Waals surface area contributed by atoms with E-state index in [0.717, 1.165) is 35.0 Å². The molecule has 1 aromatic heterocycles. The molecular formula is C19H21FN2O. The fourth-order valence-electron chi connectivity index (χ4n) is 2.58. The van der Waals surface area contributed by atoms with Crippen LogP contribution in [0, 0.1) is 5.82 Å². The highest BCUT2D eigenvalue weighted by molar-refractivity contribution is 5.84. The van der Waals surface area contributed by atoms with Crippen molar-refractivity contribution in [2.45, 2.75) is 13.0 Å². The van der Waals surface area contributed by atoms with Gasteiger partial charge in [-0.1, -0.05) is 30.3 Å². The van der Waals surface area contributed by atoms with Gasteiger partial charge in [0.1, 0.15) is 6.61 Å². The summed E-state index contributed by atoms with van der Waals surface area (Å²) < 4.78 is 20.0. The topological polar surface area (TPSA) is 28.3 Å². The molecule has 0 amide bonds. The van der Waals surface area contributed by atoms with Crippen molar-refractivity contribution in [1.82, 2.24) is 9.88 Å². The van der Waals surface area contributed by atoms with Crippen LogP contribution in [0.25, 0.3) is 10.9 Å². The molecule has 0 spiro atoms. The quantitative estimate of drug-likeness (QED) is 0.745. The minimum Gasteiger partial charge on any atom is -0.486 e. The predicted octanol–water partition coefficient (Wildman–Crippen LogP) is 3.99. The van der Waals surface area contributed by atoms with Gasteiger partial charge in [-0.15, -0.1) is 0 Å². The molecule has 0 aliphatic carbocycles. The Morgan fingerprint density at radius 1 is 1.13 bits per heavy atom. The number of rotatable bonds is 6. The number of halogens is 1. The fraction of sp³-hybridized carbons (Fsp3) is 0.263. The first-order valence-corrected chi connectivity index (χ1v) is 7.74. The van der Waals surface area contributed by atoms with E-state index in [-0.39, 0.29) is 11.6 Å². The molecule has 23 heavy (non-hydrogen) atoms. The SMILES string of the molecule is CN(C)CCc1c[nH]c2cc(OCc3ccccc3)c(F)cc12. The Morgan fingerprint density at radius 3 is 2.65 bits per heavy atom. The van der Waals surface area contributed by atoms with Crippen LogP contribution < -0.4 is 4.74 Å². The highest BCUT2D eigenvalue weighted by Crippen LogP contribution is 2.27. The van der Waals surface area contributed by atoms with Crippen LogP contribution >= 0.6 is 0 Å². The summed E-state index contributed by atoms with van der Waals surface area (Å²) in [6.07, 6.45) is 2.84. The first kappa shape index (κ1) is 15.6. The minimum absolute atomic E-state index is 0.280.